The fourth-order valence-corrected chi connectivity index (χ4v) is 4.72. The number of guanidine groups is 1. The van der Waals surface area contributed by atoms with E-state index in [1.54, 1.807) is 0 Å². The Kier molecular flexibility index (Phi) is 9.90. The fraction of sp³-hybridized carbons (Fsp3) is 0.409. The molecule has 164 valence electrons. The van der Waals surface area contributed by atoms with Crippen molar-refractivity contribution < 1.29 is 13.2 Å². The number of fused-ring (bicyclic) bond motifs is 1. The van der Waals surface area contributed by atoms with Crippen molar-refractivity contribution in [1.82, 2.24) is 10.6 Å². The van der Waals surface area contributed by atoms with Gasteiger partial charge in [0.2, 0.25) is 0 Å². The van der Waals surface area contributed by atoms with Crippen molar-refractivity contribution in [2.75, 3.05) is 25.4 Å². The molecular formula is C22H30IN3O3S. The lowest BCUT2D eigenvalue weighted by atomic mass is 10.1. The third kappa shape index (κ3) is 7.79. The van der Waals surface area contributed by atoms with Crippen LogP contribution in [-0.4, -0.2) is 45.9 Å². The molecule has 0 saturated heterocycles. The fourth-order valence-electron chi connectivity index (χ4n) is 3.29. The van der Waals surface area contributed by atoms with Crippen LogP contribution in [0.4, 0.5) is 0 Å². The first-order valence-electron chi connectivity index (χ1n) is 10.1. The van der Waals surface area contributed by atoms with E-state index >= 15 is 0 Å². The molecule has 1 atom stereocenters. The van der Waals surface area contributed by atoms with Crippen LogP contribution >= 0.6 is 24.0 Å². The van der Waals surface area contributed by atoms with E-state index in [4.69, 9.17) is 4.74 Å². The molecule has 0 bridgehead atoms. The number of hydrogen-bond acceptors (Lipinski definition) is 4. The van der Waals surface area contributed by atoms with E-state index in [-0.39, 0.29) is 41.6 Å². The minimum atomic E-state index is -3.12. The van der Waals surface area contributed by atoms with Crippen molar-refractivity contribution in [2.24, 2.45) is 4.99 Å². The van der Waals surface area contributed by atoms with E-state index in [0.29, 0.717) is 25.5 Å². The lowest BCUT2D eigenvalue weighted by molar-refractivity contribution is 0.241. The molecule has 8 heteroatoms. The van der Waals surface area contributed by atoms with Gasteiger partial charge in [0.25, 0.3) is 0 Å². The van der Waals surface area contributed by atoms with Crippen LogP contribution < -0.4 is 15.4 Å². The van der Waals surface area contributed by atoms with Crippen LogP contribution in [0.5, 0.6) is 5.75 Å². The normalized spacial score (nSPS) is 15.6. The van der Waals surface area contributed by atoms with Gasteiger partial charge in [-0.15, -0.1) is 24.0 Å². The summed E-state index contributed by atoms with van der Waals surface area (Å²) >= 11 is 0. The summed E-state index contributed by atoms with van der Waals surface area (Å²) in [6, 6.07) is 17.3. The molecule has 1 aliphatic rings. The van der Waals surface area contributed by atoms with Gasteiger partial charge >= 0.3 is 0 Å². The molecular weight excluding hydrogens is 513 g/mol. The number of hydrogen-bond donors (Lipinski definition) is 2. The third-order valence-electron chi connectivity index (χ3n) is 4.67. The van der Waals surface area contributed by atoms with Gasteiger partial charge < -0.3 is 15.4 Å². The second kappa shape index (κ2) is 12.1. The molecule has 1 aliphatic heterocycles. The largest absolute Gasteiger partial charge is 0.488 e. The van der Waals surface area contributed by atoms with Crippen LogP contribution in [0.2, 0.25) is 0 Å². The van der Waals surface area contributed by atoms with E-state index in [0.717, 1.165) is 24.3 Å². The number of benzene rings is 2. The van der Waals surface area contributed by atoms with Crippen LogP contribution in [0.3, 0.4) is 0 Å². The summed E-state index contributed by atoms with van der Waals surface area (Å²) in [6.07, 6.45) is 1.43. The molecule has 1 heterocycles. The number of para-hydroxylation sites is 1. The maximum absolute atomic E-state index is 12.3. The van der Waals surface area contributed by atoms with E-state index in [2.05, 4.69) is 21.7 Å². The quantitative estimate of drug-likeness (QED) is 0.220. The van der Waals surface area contributed by atoms with Crippen molar-refractivity contribution in [3.8, 4) is 5.75 Å². The van der Waals surface area contributed by atoms with Crippen LogP contribution in [0.1, 0.15) is 24.5 Å². The maximum atomic E-state index is 12.3. The predicted molar refractivity (Wildman–Crippen MR) is 133 cm³/mol. The van der Waals surface area contributed by atoms with Gasteiger partial charge in [-0.05, 0) is 30.5 Å². The summed E-state index contributed by atoms with van der Waals surface area (Å²) in [5, 5.41) is 6.42. The molecule has 30 heavy (non-hydrogen) atoms. The highest BCUT2D eigenvalue weighted by molar-refractivity contribution is 14.0. The van der Waals surface area contributed by atoms with Gasteiger partial charge in [0.15, 0.2) is 15.8 Å². The van der Waals surface area contributed by atoms with E-state index in [1.807, 2.05) is 55.5 Å². The van der Waals surface area contributed by atoms with Crippen LogP contribution in [0.15, 0.2) is 59.6 Å². The van der Waals surface area contributed by atoms with Crippen molar-refractivity contribution in [3.05, 3.63) is 65.7 Å². The Morgan fingerprint density at radius 1 is 1.10 bits per heavy atom. The van der Waals surface area contributed by atoms with Gasteiger partial charge in [0, 0.05) is 19.5 Å². The first kappa shape index (κ1) is 24.5. The van der Waals surface area contributed by atoms with Gasteiger partial charge in [-0.2, -0.15) is 0 Å². The second-order valence-corrected chi connectivity index (χ2v) is 9.31. The van der Waals surface area contributed by atoms with Gasteiger partial charge in [-0.25, -0.2) is 13.4 Å². The maximum Gasteiger partial charge on any atom is 0.191 e. The zero-order valence-electron chi connectivity index (χ0n) is 17.2. The molecule has 0 aliphatic carbocycles. The lowest BCUT2D eigenvalue weighted by Crippen LogP contribution is -2.39. The summed E-state index contributed by atoms with van der Waals surface area (Å²) in [6.45, 7) is 3.84. The monoisotopic (exact) mass is 543 g/mol. The Bertz CT molecular complexity index is 895. The molecule has 2 aromatic carbocycles. The minimum Gasteiger partial charge on any atom is -0.488 e. The van der Waals surface area contributed by atoms with Crippen LogP contribution in [0.25, 0.3) is 0 Å². The lowest BCUT2D eigenvalue weighted by Gasteiger charge is -2.13. The molecule has 0 fully saturated rings. The van der Waals surface area contributed by atoms with Crippen LogP contribution in [0, 0.1) is 0 Å². The highest BCUT2D eigenvalue weighted by atomic mass is 127. The Morgan fingerprint density at radius 3 is 2.57 bits per heavy atom. The van der Waals surface area contributed by atoms with E-state index < -0.39 is 9.84 Å². The van der Waals surface area contributed by atoms with Gasteiger partial charge in [0.1, 0.15) is 11.9 Å². The third-order valence-corrected chi connectivity index (χ3v) is 6.35. The summed E-state index contributed by atoms with van der Waals surface area (Å²) < 4.78 is 30.5. The van der Waals surface area contributed by atoms with Gasteiger partial charge in [0.05, 0.1) is 18.1 Å². The molecule has 0 saturated carbocycles. The highest BCUT2D eigenvalue weighted by Gasteiger charge is 2.22. The highest BCUT2D eigenvalue weighted by Crippen LogP contribution is 2.28. The van der Waals surface area contributed by atoms with Crippen molar-refractivity contribution in [1.29, 1.82) is 0 Å². The molecule has 6 nitrogen and oxygen atoms in total. The molecule has 1 unspecified atom stereocenters. The molecule has 0 radical (unpaired) electrons. The standard InChI is InChI=1S/C22H29N3O3S.HI/c1-2-23-22(25-16-20-15-19-11-6-7-12-21(19)28-20)24-13-8-14-29(26,27)17-18-9-4-3-5-10-18;/h3-7,9-12,20H,2,8,13-17H2,1H3,(H2,23,24,25);1H. The average Bonchev–Trinajstić information content (AvgIpc) is 3.12. The van der Waals surface area contributed by atoms with Gasteiger partial charge in [-0.1, -0.05) is 48.5 Å². The van der Waals surface area contributed by atoms with Crippen LogP contribution in [-0.2, 0) is 22.0 Å². The minimum absolute atomic E-state index is 0. The number of ether oxygens (including phenoxy) is 1. The number of nitrogens with zero attached hydrogens (tertiary/aromatic N) is 1. The van der Waals surface area contributed by atoms with E-state index in [9.17, 15) is 8.42 Å². The Labute approximate surface area is 196 Å². The Balaban J connectivity index is 0.00000320. The molecule has 2 aromatic rings. The first-order valence-corrected chi connectivity index (χ1v) is 11.9. The predicted octanol–water partition coefficient (Wildman–Crippen LogP) is 3.17. The van der Waals surface area contributed by atoms with E-state index in [1.165, 1.54) is 5.56 Å². The summed E-state index contributed by atoms with van der Waals surface area (Å²) in [4.78, 5) is 4.60. The molecule has 0 aromatic heterocycles. The number of sulfone groups is 1. The topological polar surface area (TPSA) is 79.8 Å². The second-order valence-electron chi connectivity index (χ2n) is 7.13. The zero-order chi connectivity index (χ0) is 20.5. The smallest absolute Gasteiger partial charge is 0.191 e. The molecule has 2 N–H and O–H groups in total. The SMILES string of the molecule is CCNC(=NCC1Cc2ccccc2O1)NCCCS(=O)(=O)Cc1ccccc1.I. The zero-order valence-corrected chi connectivity index (χ0v) is 20.4. The van der Waals surface area contributed by atoms with Crippen molar-refractivity contribution >= 4 is 39.8 Å². The Hall–Kier alpha value is -1.81. The number of aliphatic imine (C=N–C) groups is 1. The Morgan fingerprint density at radius 2 is 1.83 bits per heavy atom. The van der Waals surface area contributed by atoms with Crippen molar-refractivity contribution in [2.45, 2.75) is 31.6 Å². The number of nitrogens with one attached hydrogen (secondary N) is 2. The molecule has 3 rings (SSSR count). The number of rotatable bonds is 9. The van der Waals surface area contributed by atoms with Gasteiger partial charge in [-0.3, -0.25) is 0 Å². The molecule has 0 amide bonds. The number of halogens is 1. The molecule has 0 spiro atoms. The first-order chi connectivity index (χ1) is 14.1. The summed E-state index contributed by atoms with van der Waals surface area (Å²) in [5.41, 5.74) is 2.04. The summed E-state index contributed by atoms with van der Waals surface area (Å²) in [7, 11) is -3.12. The summed E-state index contributed by atoms with van der Waals surface area (Å²) in [5.74, 6) is 1.86. The van der Waals surface area contributed by atoms with Crippen molar-refractivity contribution in [3.63, 3.8) is 0 Å². The average molecular weight is 543 g/mol.